The van der Waals surface area contributed by atoms with Crippen LogP contribution in [-0.2, 0) is 18.6 Å². The topological polar surface area (TPSA) is 26.9 Å². The van der Waals surface area contributed by atoms with Gasteiger partial charge in [-0.05, 0) is 0 Å². The van der Waals surface area contributed by atoms with Crippen molar-refractivity contribution in [1.29, 1.82) is 0 Å². The molecule has 0 bridgehead atoms. The van der Waals surface area contributed by atoms with Gasteiger partial charge in [-0.1, -0.05) is 6.07 Å². The summed E-state index contributed by atoms with van der Waals surface area (Å²) in [6.45, 7) is 0. The SMILES string of the molecule is [O-][n+]1ccccc1.[V]. The average Bonchev–Trinajstić information content (AvgIpc) is 1.69. The predicted molar refractivity (Wildman–Crippen MR) is 25.4 cm³/mol. The summed E-state index contributed by atoms with van der Waals surface area (Å²) in [5.74, 6) is 0. The van der Waals surface area contributed by atoms with Gasteiger partial charge in [0.2, 0.25) is 0 Å². The third-order valence-electron chi connectivity index (χ3n) is 0.688. The number of rotatable bonds is 0. The minimum absolute atomic E-state index is 0. The van der Waals surface area contributed by atoms with Crippen LogP contribution in [0.4, 0.5) is 0 Å². The molecule has 0 spiro atoms. The van der Waals surface area contributed by atoms with Crippen molar-refractivity contribution >= 4 is 0 Å². The van der Waals surface area contributed by atoms with Gasteiger partial charge in [-0.25, -0.2) is 0 Å². The summed E-state index contributed by atoms with van der Waals surface area (Å²) in [5, 5.41) is 10.2. The molecule has 1 rings (SSSR count). The van der Waals surface area contributed by atoms with Crippen molar-refractivity contribution in [3.05, 3.63) is 35.8 Å². The van der Waals surface area contributed by atoms with Crippen LogP contribution in [-0.4, -0.2) is 0 Å². The maximum atomic E-state index is 10.2. The van der Waals surface area contributed by atoms with Crippen molar-refractivity contribution in [3.8, 4) is 0 Å². The Kier molecular flexibility index (Phi) is 3.32. The van der Waals surface area contributed by atoms with Crippen LogP contribution in [0.2, 0.25) is 0 Å². The zero-order chi connectivity index (χ0) is 5.11. The summed E-state index contributed by atoms with van der Waals surface area (Å²) in [4.78, 5) is 0. The van der Waals surface area contributed by atoms with Gasteiger partial charge in [0.1, 0.15) is 0 Å². The first-order chi connectivity index (χ1) is 3.39. The van der Waals surface area contributed by atoms with E-state index in [9.17, 15) is 5.21 Å². The van der Waals surface area contributed by atoms with E-state index < -0.39 is 0 Å². The van der Waals surface area contributed by atoms with Crippen molar-refractivity contribution in [2.24, 2.45) is 0 Å². The van der Waals surface area contributed by atoms with E-state index in [2.05, 4.69) is 0 Å². The largest absolute Gasteiger partial charge is 0.619 e. The van der Waals surface area contributed by atoms with Crippen LogP contribution in [0.15, 0.2) is 30.6 Å². The van der Waals surface area contributed by atoms with Crippen LogP contribution in [0.1, 0.15) is 0 Å². The third-order valence-corrected chi connectivity index (χ3v) is 0.688. The van der Waals surface area contributed by atoms with Crippen molar-refractivity contribution in [2.45, 2.75) is 0 Å². The van der Waals surface area contributed by atoms with Crippen LogP contribution in [0.3, 0.4) is 0 Å². The van der Waals surface area contributed by atoms with Crippen LogP contribution in [0.5, 0.6) is 0 Å². The molecule has 1 radical (unpaired) electrons. The fourth-order valence-corrected chi connectivity index (χ4v) is 0.383. The Bertz CT molecular complexity index is 142. The molecule has 0 atom stereocenters. The van der Waals surface area contributed by atoms with E-state index in [-0.39, 0.29) is 18.6 Å². The molecule has 41 valence electrons. The maximum absolute atomic E-state index is 10.2. The van der Waals surface area contributed by atoms with Crippen molar-refractivity contribution in [2.75, 3.05) is 0 Å². The zero-order valence-electron chi connectivity index (χ0n) is 4.19. The van der Waals surface area contributed by atoms with Gasteiger partial charge in [-0.3, -0.25) is 0 Å². The molecule has 0 saturated carbocycles. The standard InChI is InChI=1S/C5H5NO.V/c7-6-4-2-1-3-5-6;/h1-5H;. The molecular weight excluding hydrogens is 141 g/mol. The Balaban J connectivity index is 0.000000490. The van der Waals surface area contributed by atoms with E-state index in [1.54, 1.807) is 18.2 Å². The maximum Gasteiger partial charge on any atom is 0.180 e. The first kappa shape index (κ1) is 7.53. The number of pyridine rings is 1. The Morgan fingerprint density at radius 3 is 1.75 bits per heavy atom. The minimum atomic E-state index is 0. The van der Waals surface area contributed by atoms with Gasteiger partial charge in [0.25, 0.3) is 0 Å². The molecule has 0 unspecified atom stereocenters. The van der Waals surface area contributed by atoms with Gasteiger partial charge in [-0.2, -0.15) is 4.73 Å². The summed E-state index contributed by atoms with van der Waals surface area (Å²) in [6, 6.07) is 5.18. The van der Waals surface area contributed by atoms with Gasteiger partial charge < -0.3 is 5.21 Å². The van der Waals surface area contributed by atoms with E-state index in [0.717, 1.165) is 4.73 Å². The Labute approximate surface area is 59.6 Å². The molecule has 1 aromatic rings. The molecule has 0 N–H and O–H groups in total. The van der Waals surface area contributed by atoms with Gasteiger partial charge in [0.05, 0.1) is 0 Å². The average molecular weight is 146 g/mol. The Hall–Kier alpha value is -0.466. The molecule has 0 aromatic carbocycles. The van der Waals surface area contributed by atoms with Crippen LogP contribution in [0, 0.1) is 5.21 Å². The number of hydrogen-bond donors (Lipinski definition) is 0. The minimum Gasteiger partial charge on any atom is -0.619 e. The molecule has 3 heteroatoms. The second kappa shape index (κ2) is 3.53. The van der Waals surface area contributed by atoms with Crippen LogP contribution >= 0.6 is 0 Å². The summed E-state index contributed by atoms with van der Waals surface area (Å²) >= 11 is 0. The van der Waals surface area contributed by atoms with E-state index in [1.165, 1.54) is 12.4 Å². The Morgan fingerprint density at radius 2 is 1.50 bits per heavy atom. The Morgan fingerprint density at radius 1 is 1.00 bits per heavy atom. The molecule has 1 aromatic heterocycles. The molecule has 1 heterocycles. The molecule has 0 aliphatic rings. The van der Waals surface area contributed by atoms with E-state index >= 15 is 0 Å². The van der Waals surface area contributed by atoms with Gasteiger partial charge in [-0.15, -0.1) is 0 Å². The van der Waals surface area contributed by atoms with Gasteiger partial charge in [0.15, 0.2) is 12.4 Å². The predicted octanol–water partition coefficient (Wildman–Crippen LogP) is 0.318. The molecule has 0 aliphatic carbocycles. The van der Waals surface area contributed by atoms with Crippen LogP contribution < -0.4 is 4.73 Å². The fourth-order valence-electron chi connectivity index (χ4n) is 0.383. The molecule has 0 amide bonds. The van der Waals surface area contributed by atoms with Crippen molar-refractivity contribution in [3.63, 3.8) is 0 Å². The number of nitrogens with zero attached hydrogens (tertiary/aromatic N) is 1. The summed E-state index contributed by atoms with van der Waals surface area (Å²) < 4.78 is 0.750. The van der Waals surface area contributed by atoms with Crippen molar-refractivity contribution in [1.82, 2.24) is 0 Å². The van der Waals surface area contributed by atoms with Crippen molar-refractivity contribution < 1.29 is 23.3 Å². The number of hydrogen-bond acceptors (Lipinski definition) is 1. The van der Waals surface area contributed by atoms with Gasteiger partial charge in [0, 0.05) is 30.7 Å². The van der Waals surface area contributed by atoms with E-state index in [1.807, 2.05) is 0 Å². The molecule has 2 nitrogen and oxygen atoms in total. The third kappa shape index (κ3) is 2.00. The first-order valence-corrected chi connectivity index (χ1v) is 2.03. The second-order valence-electron chi connectivity index (χ2n) is 1.24. The fraction of sp³-hybridized carbons (Fsp3) is 0. The normalized spacial score (nSPS) is 7.50. The molecular formula is C5H5NOV. The van der Waals surface area contributed by atoms with Gasteiger partial charge >= 0.3 is 0 Å². The monoisotopic (exact) mass is 146 g/mol. The first-order valence-electron chi connectivity index (χ1n) is 2.03. The molecule has 8 heavy (non-hydrogen) atoms. The summed E-state index contributed by atoms with van der Waals surface area (Å²) in [6.07, 6.45) is 2.89. The molecule has 0 aliphatic heterocycles. The number of aromatic nitrogens is 1. The zero-order valence-corrected chi connectivity index (χ0v) is 5.59. The van der Waals surface area contributed by atoms with E-state index in [4.69, 9.17) is 0 Å². The quantitative estimate of drug-likeness (QED) is 0.382. The summed E-state index contributed by atoms with van der Waals surface area (Å²) in [7, 11) is 0. The van der Waals surface area contributed by atoms with Crippen LogP contribution in [0.25, 0.3) is 0 Å². The summed E-state index contributed by atoms with van der Waals surface area (Å²) in [5.41, 5.74) is 0. The second-order valence-corrected chi connectivity index (χ2v) is 1.24. The molecule has 0 saturated heterocycles. The smallest absolute Gasteiger partial charge is 0.180 e. The molecule has 0 fully saturated rings. The van der Waals surface area contributed by atoms with E-state index in [0.29, 0.717) is 0 Å².